The number of benzene rings is 1. The summed E-state index contributed by atoms with van der Waals surface area (Å²) in [6, 6.07) is 4.06. The van der Waals surface area contributed by atoms with E-state index in [1.54, 1.807) is 0 Å². The molecule has 2 nitrogen and oxygen atoms in total. The van der Waals surface area contributed by atoms with Crippen LogP contribution in [-0.2, 0) is 13.0 Å². The van der Waals surface area contributed by atoms with E-state index in [0.717, 1.165) is 36.3 Å². The van der Waals surface area contributed by atoms with Crippen LogP contribution >= 0.6 is 11.6 Å². The highest BCUT2D eigenvalue weighted by atomic mass is 35.5. The van der Waals surface area contributed by atoms with Crippen LogP contribution in [0.1, 0.15) is 37.8 Å². The van der Waals surface area contributed by atoms with Gasteiger partial charge in [-0.1, -0.05) is 11.6 Å². The predicted octanol–water partition coefficient (Wildman–Crippen LogP) is 3.55. The molecule has 1 N–H and O–H groups in total. The fourth-order valence-electron chi connectivity index (χ4n) is 2.75. The molecule has 1 fully saturated rings. The second kappa shape index (κ2) is 4.43. The van der Waals surface area contributed by atoms with Crippen LogP contribution in [-0.4, -0.2) is 12.1 Å². The molecule has 0 bridgehead atoms. The first kappa shape index (κ1) is 12.3. The minimum Gasteiger partial charge on any atom is -0.493 e. The zero-order valence-electron chi connectivity index (χ0n) is 11.1. The highest BCUT2D eigenvalue weighted by molar-refractivity contribution is 6.30. The third-order valence-electron chi connectivity index (χ3n) is 4.16. The Morgan fingerprint density at radius 2 is 2.17 bits per heavy atom. The van der Waals surface area contributed by atoms with Crippen LogP contribution < -0.4 is 10.1 Å². The molecule has 0 unspecified atom stereocenters. The lowest BCUT2D eigenvalue weighted by Gasteiger charge is -2.26. The molecular weight excluding hydrogens is 246 g/mol. The van der Waals surface area contributed by atoms with Gasteiger partial charge in [0.1, 0.15) is 5.75 Å². The van der Waals surface area contributed by atoms with E-state index in [2.05, 4.69) is 19.2 Å². The first-order valence-electron chi connectivity index (χ1n) is 6.75. The van der Waals surface area contributed by atoms with Crippen molar-refractivity contribution in [1.29, 1.82) is 0 Å². The molecule has 1 aliphatic carbocycles. The van der Waals surface area contributed by atoms with Gasteiger partial charge in [0.2, 0.25) is 0 Å². The van der Waals surface area contributed by atoms with E-state index >= 15 is 0 Å². The second-order valence-electron chi connectivity index (χ2n) is 6.00. The summed E-state index contributed by atoms with van der Waals surface area (Å²) in [5.74, 6) is 1.88. The van der Waals surface area contributed by atoms with Crippen molar-refractivity contribution in [1.82, 2.24) is 5.32 Å². The van der Waals surface area contributed by atoms with Crippen LogP contribution in [0.3, 0.4) is 0 Å². The largest absolute Gasteiger partial charge is 0.493 e. The summed E-state index contributed by atoms with van der Waals surface area (Å²) in [6.07, 6.45) is 3.68. The fraction of sp³-hybridized carbons (Fsp3) is 0.600. The zero-order valence-corrected chi connectivity index (χ0v) is 11.8. The lowest BCUT2D eigenvalue weighted by Crippen LogP contribution is -2.40. The summed E-state index contributed by atoms with van der Waals surface area (Å²) in [5.41, 5.74) is 2.67. The van der Waals surface area contributed by atoms with Crippen molar-refractivity contribution < 1.29 is 4.74 Å². The molecule has 3 heteroatoms. The Balaban J connectivity index is 1.76. The maximum atomic E-state index is 6.17. The van der Waals surface area contributed by atoms with Crippen molar-refractivity contribution in [2.45, 2.75) is 45.2 Å². The van der Waals surface area contributed by atoms with Crippen LogP contribution in [0.25, 0.3) is 0 Å². The van der Waals surface area contributed by atoms with E-state index in [4.69, 9.17) is 16.3 Å². The fourth-order valence-corrected chi connectivity index (χ4v) is 3.01. The molecule has 0 radical (unpaired) electrons. The van der Waals surface area contributed by atoms with Crippen LogP contribution in [0.4, 0.5) is 0 Å². The third kappa shape index (κ3) is 2.36. The third-order valence-corrected chi connectivity index (χ3v) is 4.38. The summed E-state index contributed by atoms with van der Waals surface area (Å²) >= 11 is 6.17. The molecule has 2 aliphatic rings. The highest BCUT2D eigenvalue weighted by Gasteiger charge is 2.37. The van der Waals surface area contributed by atoms with Crippen LogP contribution in [0.5, 0.6) is 5.75 Å². The Morgan fingerprint density at radius 3 is 2.89 bits per heavy atom. The van der Waals surface area contributed by atoms with Gasteiger partial charge in [-0.3, -0.25) is 0 Å². The number of rotatable bonds is 4. The van der Waals surface area contributed by atoms with Gasteiger partial charge in [-0.15, -0.1) is 0 Å². The number of ether oxygens (including phenoxy) is 1. The minimum atomic E-state index is 0.216. The Morgan fingerprint density at radius 1 is 1.39 bits per heavy atom. The predicted molar refractivity (Wildman–Crippen MR) is 74.3 cm³/mol. The summed E-state index contributed by atoms with van der Waals surface area (Å²) in [5, 5.41) is 4.48. The van der Waals surface area contributed by atoms with Gasteiger partial charge in [-0.25, -0.2) is 0 Å². The topological polar surface area (TPSA) is 21.3 Å². The number of halogens is 1. The van der Waals surface area contributed by atoms with Crippen LogP contribution in [0.2, 0.25) is 5.02 Å². The molecule has 0 spiro atoms. The molecule has 18 heavy (non-hydrogen) atoms. The van der Waals surface area contributed by atoms with E-state index in [0.29, 0.717) is 0 Å². The molecule has 0 aromatic heterocycles. The van der Waals surface area contributed by atoms with Gasteiger partial charge in [-0.05, 0) is 50.3 Å². The molecular formula is C15H20ClNO. The van der Waals surface area contributed by atoms with Gasteiger partial charge >= 0.3 is 0 Å². The summed E-state index contributed by atoms with van der Waals surface area (Å²) in [7, 11) is 0. The molecule has 1 saturated carbocycles. The molecule has 1 aromatic rings. The summed E-state index contributed by atoms with van der Waals surface area (Å²) < 4.78 is 5.73. The van der Waals surface area contributed by atoms with Crippen molar-refractivity contribution in [2.24, 2.45) is 5.92 Å². The Hall–Kier alpha value is -0.730. The smallest absolute Gasteiger partial charge is 0.127 e. The molecule has 3 rings (SSSR count). The van der Waals surface area contributed by atoms with E-state index < -0.39 is 0 Å². The van der Waals surface area contributed by atoms with Crippen molar-refractivity contribution in [3.05, 3.63) is 28.3 Å². The van der Waals surface area contributed by atoms with E-state index in [9.17, 15) is 0 Å². The molecule has 1 aromatic carbocycles. The average Bonchev–Trinajstić information content (AvgIpc) is 3.07. The summed E-state index contributed by atoms with van der Waals surface area (Å²) in [6.45, 7) is 6.20. The van der Waals surface area contributed by atoms with Gasteiger partial charge in [0.15, 0.2) is 0 Å². The number of fused-ring (bicyclic) bond motifs is 1. The number of hydrogen-bond acceptors (Lipinski definition) is 2. The Bertz CT molecular complexity index is 466. The summed E-state index contributed by atoms with van der Waals surface area (Å²) in [4.78, 5) is 0. The highest BCUT2D eigenvalue weighted by Crippen LogP contribution is 2.40. The molecule has 98 valence electrons. The van der Waals surface area contributed by atoms with Crippen molar-refractivity contribution >= 4 is 11.6 Å². The number of hydrogen-bond donors (Lipinski definition) is 1. The lowest BCUT2D eigenvalue weighted by atomic mass is 9.98. The second-order valence-corrected chi connectivity index (χ2v) is 6.44. The first-order valence-corrected chi connectivity index (χ1v) is 7.13. The Labute approximate surface area is 114 Å². The maximum Gasteiger partial charge on any atom is 0.127 e. The zero-order chi connectivity index (χ0) is 12.8. The SMILES string of the molecule is CC(C)(NCc1cc(Cl)cc2c1OCC2)C1CC1. The van der Waals surface area contributed by atoms with Gasteiger partial charge < -0.3 is 10.1 Å². The monoisotopic (exact) mass is 265 g/mol. The Kier molecular flexibility index (Phi) is 3.03. The van der Waals surface area contributed by atoms with Crippen molar-refractivity contribution in [3.8, 4) is 5.75 Å². The van der Waals surface area contributed by atoms with E-state index in [1.807, 2.05) is 12.1 Å². The molecule has 1 aliphatic heterocycles. The molecule has 1 heterocycles. The van der Waals surface area contributed by atoms with Gasteiger partial charge in [0.05, 0.1) is 6.61 Å². The van der Waals surface area contributed by atoms with Crippen LogP contribution in [0, 0.1) is 5.92 Å². The maximum absolute atomic E-state index is 6.17. The van der Waals surface area contributed by atoms with Gasteiger partial charge in [0.25, 0.3) is 0 Å². The normalized spacial score (nSPS) is 18.6. The first-order chi connectivity index (χ1) is 8.56. The van der Waals surface area contributed by atoms with Crippen molar-refractivity contribution in [3.63, 3.8) is 0 Å². The lowest BCUT2D eigenvalue weighted by molar-refractivity contribution is 0.327. The quantitative estimate of drug-likeness (QED) is 0.899. The molecule has 0 amide bonds. The number of nitrogens with one attached hydrogen (secondary N) is 1. The van der Waals surface area contributed by atoms with Gasteiger partial charge in [0, 0.05) is 29.1 Å². The van der Waals surface area contributed by atoms with Gasteiger partial charge in [-0.2, -0.15) is 0 Å². The molecule has 0 saturated heterocycles. The van der Waals surface area contributed by atoms with Crippen molar-refractivity contribution in [2.75, 3.05) is 6.61 Å². The molecule has 0 atom stereocenters. The van der Waals surface area contributed by atoms with Crippen LogP contribution in [0.15, 0.2) is 12.1 Å². The van der Waals surface area contributed by atoms with E-state index in [-0.39, 0.29) is 5.54 Å². The minimum absolute atomic E-state index is 0.216. The standard InChI is InChI=1S/C15H20ClNO/c1-15(2,12-3-4-12)17-9-11-8-13(16)7-10-5-6-18-14(10)11/h7-8,12,17H,3-6,9H2,1-2H3. The average molecular weight is 266 g/mol. The van der Waals surface area contributed by atoms with E-state index in [1.165, 1.54) is 24.0 Å².